The first-order valence-corrected chi connectivity index (χ1v) is 7.30. The molecule has 0 bridgehead atoms. The normalized spacial score (nSPS) is 10.1. The molecule has 120 valence electrons. The molecule has 1 aromatic heterocycles. The predicted octanol–water partition coefficient (Wildman–Crippen LogP) is 2.41. The number of para-hydroxylation sites is 2. The lowest BCUT2D eigenvalue weighted by Gasteiger charge is -2.07. The Bertz CT molecular complexity index is 745. The van der Waals surface area contributed by atoms with E-state index in [9.17, 15) is 25.0 Å². The van der Waals surface area contributed by atoms with Crippen molar-refractivity contribution in [1.29, 1.82) is 0 Å². The summed E-state index contributed by atoms with van der Waals surface area (Å²) in [6, 6.07) is 8.83. The summed E-state index contributed by atoms with van der Waals surface area (Å²) in [5.74, 6) is -0.424. The Kier molecular flexibility index (Phi) is 5.20. The lowest BCUT2D eigenvalue weighted by Crippen LogP contribution is -2.28. The Morgan fingerprint density at radius 3 is 2.43 bits per heavy atom. The van der Waals surface area contributed by atoms with Crippen molar-refractivity contribution in [3.05, 3.63) is 61.5 Å². The molecule has 9 nitrogen and oxygen atoms in total. The first-order chi connectivity index (χ1) is 11.0. The Balaban J connectivity index is 1.84. The summed E-state index contributed by atoms with van der Waals surface area (Å²) >= 11 is 0.789. The number of benzene rings is 1. The summed E-state index contributed by atoms with van der Waals surface area (Å²) in [6.45, 7) is 0.501. The minimum Gasteiger partial charge on any atom is -0.378 e. The number of rotatable bonds is 7. The number of nitrogens with one attached hydrogen (secondary N) is 2. The number of anilines is 1. The fourth-order valence-corrected chi connectivity index (χ4v) is 2.53. The van der Waals surface area contributed by atoms with Gasteiger partial charge in [-0.05, 0) is 12.1 Å². The van der Waals surface area contributed by atoms with E-state index in [1.165, 1.54) is 18.2 Å². The maximum atomic E-state index is 11.8. The minimum atomic E-state index is -0.558. The van der Waals surface area contributed by atoms with Crippen molar-refractivity contribution in [1.82, 2.24) is 5.32 Å². The summed E-state index contributed by atoms with van der Waals surface area (Å²) < 4.78 is 0. The van der Waals surface area contributed by atoms with Gasteiger partial charge in [-0.25, -0.2) is 0 Å². The molecule has 23 heavy (non-hydrogen) atoms. The molecule has 10 heteroatoms. The molecule has 0 fully saturated rings. The highest BCUT2D eigenvalue weighted by Crippen LogP contribution is 2.24. The van der Waals surface area contributed by atoms with E-state index < -0.39 is 15.8 Å². The zero-order valence-electron chi connectivity index (χ0n) is 11.7. The van der Waals surface area contributed by atoms with E-state index in [0.717, 1.165) is 11.3 Å². The monoisotopic (exact) mass is 336 g/mol. The van der Waals surface area contributed by atoms with Crippen molar-refractivity contribution in [2.45, 2.75) is 0 Å². The van der Waals surface area contributed by atoms with Crippen LogP contribution in [0.5, 0.6) is 0 Å². The molecule has 0 saturated heterocycles. The van der Waals surface area contributed by atoms with Crippen molar-refractivity contribution in [3.8, 4) is 0 Å². The maximum absolute atomic E-state index is 11.8. The van der Waals surface area contributed by atoms with E-state index in [1.54, 1.807) is 18.2 Å². The largest absolute Gasteiger partial charge is 0.378 e. The fourth-order valence-electron chi connectivity index (χ4n) is 1.79. The molecule has 0 aliphatic heterocycles. The molecule has 1 amide bonds. The van der Waals surface area contributed by atoms with Gasteiger partial charge in [-0.3, -0.25) is 25.0 Å². The Morgan fingerprint density at radius 2 is 1.78 bits per heavy atom. The highest BCUT2D eigenvalue weighted by atomic mass is 32.1. The molecule has 0 aliphatic rings. The summed E-state index contributed by atoms with van der Waals surface area (Å²) in [4.78, 5) is 32.4. The molecule has 2 N–H and O–H groups in total. The van der Waals surface area contributed by atoms with Crippen LogP contribution < -0.4 is 10.6 Å². The lowest BCUT2D eigenvalue weighted by molar-refractivity contribution is -0.384. The van der Waals surface area contributed by atoms with Crippen LogP contribution in [0.1, 0.15) is 9.67 Å². The number of thiophene rings is 1. The molecule has 2 aromatic rings. The SMILES string of the molecule is O=C(NCCNc1ccccc1[N+](=O)[O-])c1ccc([N+](=O)[O-])s1. The molecule has 0 aliphatic carbocycles. The number of carbonyl (C=O) groups excluding carboxylic acids is 1. The standard InChI is InChI=1S/C13H12N4O5S/c18-13(11-5-6-12(23-11)17(21)22)15-8-7-14-9-3-1-2-4-10(9)16(19)20/h1-6,14H,7-8H2,(H,15,18). The summed E-state index contributed by atoms with van der Waals surface area (Å²) in [7, 11) is 0. The van der Waals surface area contributed by atoms with Crippen LogP contribution >= 0.6 is 11.3 Å². The highest BCUT2D eigenvalue weighted by Gasteiger charge is 2.15. The van der Waals surface area contributed by atoms with Crippen molar-refractivity contribution < 1.29 is 14.6 Å². The molecule has 0 radical (unpaired) electrons. The van der Waals surface area contributed by atoms with Gasteiger partial charge < -0.3 is 10.6 Å². The average molecular weight is 336 g/mol. The van der Waals surface area contributed by atoms with Gasteiger partial charge in [-0.15, -0.1) is 0 Å². The number of nitro benzene ring substituents is 1. The molecule has 1 aromatic carbocycles. The van der Waals surface area contributed by atoms with Gasteiger partial charge in [0, 0.05) is 25.2 Å². The van der Waals surface area contributed by atoms with Crippen LogP contribution in [0.25, 0.3) is 0 Å². The van der Waals surface area contributed by atoms with Gasteiger partial charge in [0.25, 0.3) is 11.6 Å². The van der Waals surface area contributed by atoms with E-state index in [2.05, 4.69) is 10.6 Å². The van der Waals surface area contributed by atoms with Gasteiger partial charge in [0.2, 0.25) is 0 Å². The number of hydrogen-bond acceptors (Lipinski definition) is 7. The first-order valence-electron chi connectivity index (χ1n) is 6.49. The Morgan fingerprint density at radius 1 is 1.04 bits per heavy atom. The smallest absolute Gasteiger partial charge is 0.324 e. The zero-order chi connectivity index (χ0) is 16.8. The first kappa shape index (κ1) is 16.4. The fraction of sp³-hybridized carbons (Fsp3) is 0.154. The molecule has 0 atom stereocenters. The lowest BCUT2D eigenvalue weighted by atomic mass is 10.2. The van der Waals surface area contributed by atoms with E-state index in [4.69, 9.17) is 0 Å². The number of carbonyl (C=O) groups is 1. The van der Waals surface area contributed by atoms with Crippen LogP contribution in [0.2, 0.25) is 0 Å². The maximum Gasteiger partial charge on any atom is 0.324 e. The summed E-state index contributed by atoms with van der Waals surface area (Å²) in [5, 5.41) is 26.8. The second-order valence-corrected chi connectivity index (χ2v) is 5.41. The number of nitrogens with zero attached hydrogens (tertiary/aromatic N) is 2. The van der Waals surface area contributed by atoms with Gasteiger partial charge in [-0.2, -0.15) is 0 Å². The quantitative estimate of drug-likeness (QED) is 0.454. The average Bonchev–Trinajstić information content (AvgIpc) is 3.02. The van der Waals surface area contributed by atoms with Crippen molar-refractivity contribution >= 4 is 33.6 Å². The van der Waals surface area contributed by atoms with Crippen LogP contribution in [-0.2, 0) is 0 Å². The summed E-state index contributed by atoms with van der Waals surface area (Å²) in [6.07, 6.45) is 0. The zero-order valence-corrected chi connectivity index (χ0v) is 12.5. The molecule has 2 rings (SSSR count). The van der Waals surface area contributed by atoms with Gasteiger partial charge in [0.15, 0.2) is 0 Å². The van der Waals surface area contributed by atoms with E-state index in [-0.39, 0.29) is 28.7 Å². The van der Waals surface area contributed by atoms with Crippen LogP contribution in [0.15, 0.2) is 36.4 Å². The Labute approximate surface area is 134 Å². The number of hydrogen-bond donors (Lipinski definition) is 2. The van der Waals surface area contributed by atoms with Gasteiger partial charge in [0.05, 0.1) is 14.7 Å². The molecule has 0 unspecified atom stereocenters. The van der Waals surface area contributed by atoms with Gasteiger partial charge in [-0.1, -0.05) is 23.5 Å². The van der Waals surface area contributed by atoms with Crippen LogP contribution in [0.4, 0.5) is 16.4 Å². The summed E-state index contributed by atoms with van der Waals surface area (Å²) in [5.41, 5.74) is 0.311. The third-order valence-corrected chi connectivity index (χ3v) is 3.86. The van der Waals surface area contributed by atoms with Crippen LogP contribution in [0.3, 0.4) is 0 Å². The molecule has 0 saturated carbocycles. The highest BCUT2D eigenvalue weighted by molar-refractivity contribution is 7.17. The van der Waals surface area contributed by atoms with Crippen molar-refractivity contribution in [2.75, 3.05) is 18.4 Å². The van der Waals surface area contributed by atoms with E-state index in [1.807, 2.05) is 0 Å². The second kappa shape index (κ2) is 7.31. The van der Waals surface area contributed by atoms with Crippen LogP contribution in [0, 0.1) is 20.2 Å². The van der Waals surface area contributed by atoms with Crippen molar-refractivity contribution in [2.24, 2.45) is 0 Å². The van der Waals surface area contributed by atoms with Crippen molar-refractivity contribution in [3.63, 3.8) is 0 Å². The van der Waals surface area contributed by atoms with Gasteiger partial charge >= 0.3 is 5.00 Å². The molecular weight excluding hydrogens is 324 g/mol. The predicted molar refractivity (Wildman–Crippen MR) is 84.9 cm³/mol. The van der Waals surface area contributed by atoms with Gasteiger partial charge in [0.1, 0.15) is 5.69 Å². The number of amides is 1. The molecular formula is C13H12N4O5S. The third-order valence-electron chi connectivity index (χ3n) is 2.82. The van der Waals surface area contributed by atoms with E-state index in [0.29, 0.717) is 5.69 Å². The molecule has 0 spiro atoms. The minimum absolute atomic E-state index is 0.0484. The van der Waals surface area contributed by atoms with Crippen LogP contribution in [-0.4, -0.2) is 28.8 Å². The second-order valence-electron chi connectivity index (χ2n) is 4.35. The van der Waals surface area contributed by atoms with E-state index >= 15 is 0 Å². The third kappa shape index (κ3) is 4.23. The Hall–Kier alpha value is -3.01. The topological polar surface area (TPSA) is 127 Å². The number of nitro groups is 2. The molecule has 1 heterocycles.